The minimum absolute atomic E-state index is 0.00522. The third-order valence-corrected chi connectivity index (χ3v) is 7.22. The number of carbonyl (C=O) groups excluding carboxylic acids is 2. The first kappa shape index (κ1) is 22.3. The largest absolute Gasteiger partial charge is 0.496 e. The monoisotopic (exact) mass is 451 g/mol. The summed E-state index contributed by atoms with van der Waals surface area (Å²) in [6, 6.07) is 11.3. The van der Waals surface area contributed by atoms with Crippen LogP contribution in [0.4, 0.5) is 0 Å². The van der Waals surface area contributed by atoms with Crippen molar-refractivity contribution >= 4 is 33.2 Å². The van der Waals surface area contributed by atoms with E-state index in [1.54, 1.807) is 19.5 Å². The van der Waals surface area contributed by atoms with Crippen molar-refractivity contribution in [3.8, 4) is 5.75 Å². The number of hydrogen-bond acceptors (Lipinski definition) is 5. The molecule has 0 radical (unpaired) electrons. The van der Waals surface area contributed by atoms with Crippen molar-refractivity contribution in [2.75, 3.05) is 26.7 Å². The lowest BCUT2D eigenvalue weighted by atomic mass is 9.91. The lowest BCUT2D eigenvalue weighted by molar-refractivity contribution is 0.0682. The summed E-state index contributed by atoms with van der Waals surface area (Å²) < 4.78 is 6.42. The number of nitrogens with zero attached hydrogens (tertiary/aromatic N) is 2. The maximum absolute atomic E-state index is 12.8. The van der Waals surface area contributed by atoms with Crippen LogP contribution in [0.3, 0.4) is 0 Å². The number of ether oxygens (including phenoxy) is 1. The Hall–Kier alpha value is -2.93. The molecule has 168 valence electrons. The predicted octanol–water partition coefficient (Wildman–Crippen LogP) is 4.76. The highest BCUT2D eigenvalue weighted by atomic mass is 32.1. The number of para-hydroxylation sites is 1. The Bertz CT molecular complexity index is 1040. The zero-order valence-electron chi connectivity index (χ0n) is 18.4. The molecule has 6 nitrogen and oxygen atoms in total. The third-order valence-electron chi connectivity index (χ3n) is 6.10. The van der Waals surface area contributed by atoms with E-state index in [1.807, 2.05) is 41.3 Å². The molecule has 3 heterocycles. The summed E-state index contributed by atoms with van der Waals surface area (Å²) in [6.07, 6.45) is 8.80. The van der Waals surface area contributed by atoms with E-state index in [4.69, 9.17) is 4.74 Å². The van der Waals surface area contributed by atoms with Crippen molar-refractivity contribution in [1.29, 1.82) is 0 Å². The fraction of sp³-hybridized carbons (Fsp3) is 0.400. The molecule has 1 saturated heterocycles. The van der Waals surface area contributed by atoms with Crippen LogP contribution in [0.5, 0.6) is 5.75 Å². The van der Waals surface area contributed by atoms with Gasteiger partial charge in [0.05, 0.1) is 17.6 Å². The number of likely N-dealkylation sites (tertiary alicyclic amines) is 1. The second kappa shape index (κ2) is 10.6. The smallest absolute Gasteiger partial charge is 0.261 e. The number of hydrogen-bond donors (Lipinski definition) is 1. The van der Waals surface area contributed by atoms with Gasteiger partial charge in [-0.1, -0.05) is 25.0 Å². The minimum atomic E-state index is -0.00522. The highest BCUT2D eigenvalue weighted by Gasteiger charge is 2.25. The number of thiophene rings is 1. The molecule has 1 fully saturated rings. The van der Waals surface area contributed by atoms with E-state index in [0.29, 0.717) is 23.8 Å². The van der Waals surface area contributed by atoms with Crippen molar-refractivity contribution < 1.29 is 14.3 Å². The average molecular weight is 452 g/mol. The molecule has 0 saturated carbocycles. The predicted molar refractivity (Wildman–Crippen MR) is 127 cm³/mol. The van der Waals surface area contributed by atoms with Crippen molar-refractivity contribution in [3.05, 3.63) is 59.2 Å². The molecule has 1 aromatic carbocycles. The van der Waals surface area contributed by atoms with E-state index < -0.39 is 0 Å². The van der Waals surface area contributed by atoms with Gasteiger partial charge < -0.3 is 15.0 Å². The summed E-state index contributed by atoms with van der Waals surface area (Å²) in [6.45, 7) is 2.27. The molecule has 2 amide bonds. The van der Waals surface area contributed by atoms with E-state index in [0.717, 1.165) is 60.2 Å². The number of piperidine rings is 1. The fourth-order valence-electron chi connectivity index (χ4n) is 4.26. The fourth-order valence-corrected chi connectivity index (χ4v) is 5.21. The Morgan fingerprint density at radius 1 is 1.19 bits per heavy atom. The van der Waals surface area contributed by atoms with Gasteiger partial charge in [0.25, 0.3) is 11.8 Å². The van der Waals surface area contributed by atoms with Gasteiger partial charge in [0.1, 0.15) is 5.75 Å². The van der Waals surface area contributed by atoms with Crippen LogP contribution in [0.2, 0.25) is 0 Å². The van der Waals surface area contributed by atoms with Gasteiger partial charge in [-0.2, -0.15) is 0 Å². The van der Waals surface area contributed by atoms with Crippen molar-refractivity contribution in [1.82, 2.24) is 15.2 Å². The summed E-state index contributed by atoms with van der Waals surface area (Å²) in [5.41, 5.74) is 0.638. The van der Waals surface area contributed by atoms with Crippen LogP contribution in [0.25, 0.3) is 10.1 Å². The highest BCUT2D eigenvalue weighted by molar-refractivity contribution is 7.20. The molecule has 1 aliphatic heterocycles. The summed E-state index contributed by atoms with van der Waals surface area (Å²) in [5.74, 6) is 1.33. The van der Waals surface area contributed by atoms with Gasteiger partial charge in [0, 0.05) is 42.1 Å². The number of methoxy groups -OCH3 is 1. The highest BCUT2D eigenvalue weighted by Crippen LogP contribution is 2.26. The van der Waals surface area contributed by atoms with Gasteiger partial charge in [-0.3, -0.25) is 14.6 Å². The molecule has 0 spiro atoms. The van der Waals surface area contributed by atoms with Crippen molar-refractivity contribution in [2.24, 2.45) is 5.92 Å². The average Bonchev–Trinajstić information content (AvgIpc) is 3.28. The van der Waals surface area contributed by atoms with E-state index in [2.05, 4.69) is 10.3 Å². The van der Waals surface area contributed by atoms with Gasteiger partial charge in [0.2, 0.25) is 0 Å². The lowest BCUT2D eigenvalue weighted by Gasteiger charge is -2.32. The quantitative estimate of drug-likeness (QED) is 0.502. The van der Waals surface area contributed by atoms with E-state index >= 15 is 0 Å². The molecule has 32 heavy (non-hydrogen) atoms. The normalized spacial score (nSPS) is 14.5. The first-order chi connectivity index (χ1) is 15.7. The molecule has 0 bridgehead atoms. The van der Waals surface area contributed by atoms with Crippen LogP contribution in [-0.2, 0) is 0 Å². The van der Waals surface area contributed by atoms with Crippen LogP contribution < -0.4 is 10.1 Å². The minimum Gasteiger partial charge on any atom is -0.496 e. The number of pyridine rings is 1. The number of unbranched alkanes of at least 4 members (excludes halogenated alkanes) is 1. The summed E-state index contributed by atoms with van der Waals surface area (Å²) in [5, 5.41) is 4.05. The third kappa shape index (κ3) is 5.27. The molecule has 4 rings (SSSR count). The van der Waals surface area contributed by atoms with Crippen LogP contribution in [0.1, 0.15) is 52.1 Å². The van der Waals surface area contributed by atoms with Crippen LogP contribution in [0, 0.1) is 5.92 Å². The summed E-state index contributed by atoms with van der Waals surface area (Å²) in [4.78, 5) is 32.0. The molecule has 7 heteroatoms. The Kier molecular flexibility index (Phi) is 7.37. The van der Waals surface area contributed by atoms with E-state index in [1.165, 1.54) is 11.3 Å². The van der Waals surface area contributed by atoms with Gasteiger partial charge in [-0.25, -0.2) is 0 Å². The summed E-state index contributed by atoms with van der Waals surface area (Å²) >= 11 is 1.50. The lowest BCUT2D eigenvalue weighted by Crippen LogP contribution is -2.38. The molecule has 0 aliphatic carbocycles. The maximum Gasteiger partial charge on any atom is 0.261 e. The second-order valence-corrected chi connectivity index (χ2v) is 9.30. The Balaban J connectivity index is 1.15. The number of amides is 2. The standard InChI is InChI=1S/C25H29N3O3S/c1-31-21-8-3-2-7-20(21)25(30)28-14-10-18(11-15-28)6-4-5-12-27-24(29)23-16-19-17-26-13-9-22(19)32-23/h2-3,7-9,13,16-18H,4-6,10-12,14-15H2,1H3,(H,27,29). The second-order valence-electron chi connectivity index (χ2n) is 8.21. The van der Waals surface area contributed by atoms with E-state index in [9.17, 15) is 9.59 Å². The van der Waals surface area contributed by atoms with E-state index in [-0.39, 0.29) is 11.8 Å². The zero-order valence-corrected chi connectivity index (χ0v) is 19.2. The zero-order chi connectivity index (χ0) is 22.3. The summed E-state index contributed by atoms with van der Waals surface area (Å²) in [7, 11) is 1.60. The Morgan fingerprint density at radius 2 is 2.00 bits per heavy atom. The molecule has 0 unspecified atom stereocenters. The van der Waals surface area contributed by atoms with Crippen molar-refractivity contribution in [2.45, 2.75) is 32.1 Å². The van der Waals surface area contributed by atoms with Gasteiger partial charge in [0.15, 0.2) is 0 Å². The van der Waals surface area contributed by atoms with Gasteiger partial charge >= 0.3 is 0 Å². The molecular weight excluding hydrogens is 422 g/mol. The van der Waals surface area contributed by atoms with Crippen LogP contribution >= 0.6 is 11.3 Å². The van der Waals surface area contributed by atoms with Crippen LogP contribution in [-0.4, -0.2) is 48.4 Å². The Morgan fingerprint density at radius 3 is 2.78 bits per heavy atom. The van der Waals surface area contributed by atoms with Gasteiger partial charge in [-0.05, 0) is 49.4 Å². The first-order valence-electron chi connectivity index (χ1n) is 11.2. The van der Waals surface area contributed by atoms with Crippen LogP contribution in [0.15, 0.2) is 48.8 Å². The molecule has 3 aromatic rings. The molecule has 1 N–H and O–H groups in total. The molecule has 2 aromatic heterocycles. The SMILES string of the molecule is COc1ccccc1C(=O)N1CCC(CCCCNC(=O)c2cc3cnccc3s2)CC1. The number of carbonyl (C=O) groups is 2. The maximum atomic E-state index is 12.8. The molecular formula is C25H29N3O3S. The topological polar surface area (TPSA) is 71.5 Å². The Labute approximate surface area is 192 Å². The number of nitrogens with one attached hydrogen (secondary N) is 1. The molecule has 0 atom stereocenters. The number of fused-ring (bicyclic) bond motifs is 1. The number of benzene rings is 1. The number of aromatic nitrogens is 1. The molecule has 1 aliphatic rings. The van der Waals surface area contributed by atoms with Crippen molar-refractivity contribution in [3.63, 3.8) is 0 Å². The van der Waals surface area contributed by atoms with Gasteiger partial charge in [-0.15, -0.1) is 11.3 Å². The first-order valence-corrected chi connectivity index (χ1v) is 12.0. The number of rotatable bonds is 8.